The zero-order valence-electron chi connectivity index (χ0n) is 11.5. The summed E-state index contributed by atoms with van der Waals surface area (Å²) in [7, 11) is 0. The Balaban J connectivity index is 2.28. The van der Waals surface area contributed by atoms with E-state index in [1.54, 1.807) is 0 Å². The fraction of sp³-hybridized carbons (Fsp3) is 0.250. The molecule has 0 aliphatic heterocycles. The summed E-state index contributed by atoms with van der Waals surface area (Å²) in [6, 6.07) is 11.9. The zero-order valence-corrected chi connectivity index (χ0v) is 15.3. The van der Waals surface area contributed by atoms with E-state index in [1.807, 2.05) is 36.4 Å². The Kier molecular flexibility index (Phi) is 6.24. The van der Waals surface area contributed by atoms with E-state index in [2.05, 4.69) is 28.2 Å². The van der Waals surface area contributed by atoms with Crippen LogP contribution < -0.4 is 5.32 Å². The van der Waals surface area contributed by atoms with Gasteiger partial charge in [0.05, 0.1) is 21.8 Å². The maximum Gasteiger partial charge on any atom is 0.0835 e. The molecule has 1 unspecified atom stereocenters. The molecule has 0 amide bonds. The molecule has 0 radical (unpaired) electrons. The lowest BCUT2D eigenvalue weighted by molar-refractivity contribution is 0.678. The lowest BCUT2D eigenvalue weighted by Gasteiger charge is -2.21. The summed E-state index contributed by atoms with van der Waals surface area (Å²) < 4.78 is 0.790. The van der Waals surface area contributed by atoms with Gasteiger partial charge in [0.15, 0.2) is 0 Å². The van der Waals surface area contributed by atoms with E-state index in [-0.39, 0.29) is 6.04 Å². The standard InChI is InChI=1S/C16H15BrCl3N/c1-2-3-13(10-4-6-11(18)7-5-10)21-14-9-8-12(17)15(19)16(14)20/h4-9,13,21H,2-3H2,1H3. The third-order valence-electron chi connectivity index (χ3n) is 3.21. The van der Waals surface area contributed by atoms with Gasteiger partial charge in [-0.05, 0) is 52.2 Å². The van der Waals surface area contributed by atoms with Gasteiger partial charge in [-0.2, -0.15) is 0 Å². The van der Waals surface area contributed by atoms with Gasteiger partial charge in [0.2, 0.25) is 0 Å². The number of hydrogen-bond acceptors (Lipinski definition) is 1. The number of anilines is 1. The highest BCUT2D eigenvalue weighted by molar-refractivity contribution is 9.10. The zero-order chi connectivity index (χ0) is 15.4. The lowest BCUT2D eigenvalue weighted by atomic mass is 10.0. The molecule has 0 bridgehead atoms. The summed E-state index contributed by atoms with van der Waals surface area (Å²) >= 11 is 21.8. The Bertz CT molecular complexity index is 614. The Morgan fingerprint density at radius 3 is 2.29 bits per heavy atom. The molecule has 1 N–H and O–H groups in total. The Morgan fingerprint density at radius 2 is 1.67 bits per heavy atom. The smallest absolute Gasteiger partial charge is 0.0835 e. The van der Waals surface area contributed by atoms with Crippen LogP contribution in [0.4, 0.5) is 5.69 Å². The van der Waals surface area contributed by atoms with Gasteiger partial charge in [-0.15, -0.1) is 0 Å². The van der Waals surface area contributed by atoms with Gasteiger partial charge in [-0.3, -0.25) is 0 Å². The minimum Gasteiger partial charge on any atom is -0.377 e. The van der Waals surface area contributed by atoms with Crippen molar-refractivity contribution in [2.75, 3.05) is 5.32 Å². The van der Waals surface area contributed by atoms with Gasteiger partial charge in [-0.1, -0.05) is 60.3 Å². The number of rotatable bonds is 5. The molecule has 5 heteroatoms. The molecule has 1 atom stereocenters. The van der Waals surface area contributed by atoms with Crippen molar-refractivity contribution >= 4 is 56.4 Å². The van der Waals surface area contributed by atoms with Gasteiger partial charge < -0.3 is 5.32 Å². The summed E-state index contributed by atoms with van der Waals surface area (Å²) in [6.45, 7) is 2.15. The molecule has 0 saturated heterocycles. The van der Waals surface area contributed by atoms with Gasteiger partial charge >= 0.3 is 0 Å². The van der Waals surface area contributed by atoms with Crippen molar-refractivity contribution in [1.29, 1.82) is 0 Å². The average Bonchev–Trinajstić information content (AvgIpc) is 2.48. The highest BCUT2D eigenvalue weighted by Gasteiger charge is 2.14. The second kappa shape index (κ2) is 7.73. The Morgan fingerprint density at radius 1 is 1.00 bits per heavy atom. The van der Waals surface area contributed by atoms with E-state index < -0.39 is 0 Å². The SMILES string of the molecule is CCCC(Nc1ccc(Br)c(Cl)c1Cl)c1ccc(Cl)cc1. The van der Waals surface area contributed by atoms with Crippen molar-refractivity contribution in [3.8, 4) is 0 Å². The van der Waals surface area contributed by atoms with E-state index in [0.717, 1.165) is 28.0 Å². The number of hydrogen-bond donors (Lipinski definition) is 1. The van der Waals surface area contributed by atoms with Gasteiger partial charge in [-0.25, -0.2) is 0 Å². The molecule has 0 spiro atoms. The predicted octanol–water partition coefficient (Wildman–Crippen LogP) is 7.36. The second-order valence-corrected chi connectivity index (χ2v) is 6.81. The van der Waals surface area contributed by atoms with Crippen LogP contribution in [0.15, 0.2) is 40.9 Å². The van der Waals surface area contributed by atoms with Crippen molar-refractivity contribution in [3.05, 3.63) is 61.5 Å². The molecular formula is C16H15BrCl3N. The average molecular weight is 408 g/mol. The molecule has 0 aromatic heterocycles. The number of benzene rings is 2. The number of nitrogens with one attached hydrogen (secondary N) is 1. The van der Waals surface area contributed by atoms with E-state index in [0.29, 0.717) is 10.0 Å². The maximum atomic E-state index is 6.31. The van der Waals surface area contributed by atoms with Crippen molar-refractivity contribution in [1.82, 2.24) is 0 Å². The van der Waals surface area contributed by atoms with E-state index in [9.17, 15) is 0 Å². The molecule has 2 aromatic rings. The van der Waals surface area contributed by atoms with Crippen molar-refractivity contribution in [2.24, 2.45) is 0 Å². The Hall–Kier alpha value is -0.410. The van der Waals surface area contributed by atoms with Gasteiger partial charge in [0.1, 0.15) is 0 Å². The van der Waals surface area contributed by atoms with Crippen LogP contribution in [-0.4, -0.2) is 0 Å². The molecule has 2 rings (SSSR count). The van der Waals surface area contributed by atoms with Crippen molar-refractivity contribution in [3.63, 3.8) is 0 Å². The third-order valence-corrected chi connectivity index (χ3v) is 5.24. The predicted molar refractivity (Wildman–Crippen MR) is 96.9 cm³/mol. The third kappa shape index (κ3) is 4.29. The first kappa shape index (κ1) is 17.0. The molecular weight excluding hydrogens is 392 g/mol. The highest BCUT2D eigenvalue weighted by atomic mass is 79.9. The van der Waals surface area contributed by atoms with Gasteiger partial charge in [0, 0.05) is 9.50 Å². The van der Waals surface area contributed by atoms with Crippen LogP contribution in [0.1, 0.15) is 31.4 Å². The first-order chi connectivity index (χ1) is 10.0. The van der Waals surface area contributed by atoms with Crippen LogP contribution in [0.25, 0.3) is 0 Å². The summed E-state index contributed by atoms with van der Waals surface area (Å²) in [4.78, 5) is 0. The largest absolute Gasteiger partial charge is 0.377 e. The first-order valence-corrected chi connectivity index (χ1v) is 8.61. The second-order valence-electron chi connectivity index (χ2n) is 4.76. The van der Waals surface area contributed by atoms with Crippen molar-refractivity contribution in [2.45, 2.75) is 25.8 Å². The Labute approximate surface area is 148 Å². The van der Waals surface area contributed by atoms with E-state index in [1.165, 1.54) is 5.56 Å². The molecule has 0 saturated carbocycles. The quantitative estimate of drug-likeness (QED) is 0.510. The van der Waals surface area contributed by atoms with E-state index in [4.69, 9.17) is 34.8 Å². The first-order valence-electron chi connectivity index (χ1n) is 6.68. The molecule has 2 aromatic carbocycles. The summed E-state index contributed by atoms with van der Waals surface area (Å²) in [5.74, 6) is 0. The van der Waals surface area contributed by atoms with E-state index >= 15 is 0 Å². The van der Waals surface area contributed by atoms with Crippen LogP contribution in [-0.2, 0) is 0 Å². The van der Waals surface area contributed by atoms with Gasteiger partial charge in [0.25, 0.3) is 0 Å². The molecule has 0 heterocycles. The molecule has 1 nitrogen and oxygen atoms in total. The van der Waals surface area contributed by atoms with Crippen LogP contribution in [0, 0.1) is 0 Å². The summed E-state index contributed by atoms with van der Waals surface area (Å²) in [5.41, 5.74) is 2.01. The molecule has 112 valence electrons. The summed E-state index contributed by atoms with van der Waals surface area (Å²) in [6.07, 6.45) is 2.05. The maximum absolute atomic E-state index is 6.31. The monoisotopic (exact) mass is 405 g/mol. The van der Waals surface area contributed by atoms with Crippen LogP contribution >= 0.6 is 50.7 Å². The van der Waals surface area contributed by atoms with Crippen LogP contribution in [0.3, 0.4) is 0 Å². The van der Waals surface area contributed by atoms with Crippen molar-refractivity contribution < 1.29 is 0 Å². The lowest BCUT2D eigenvalue weighted by Crippen LogP contribution is -2.11. The number of halogens is 4. The molecule has 0 aliphatic carbocycles. The fourth-order valence-electron chi connectivity index (χ4n) is 2.13. The van der Waals surface area contributed by atoms with Crippen LogP contribution in [0.2, 0.25) is 15.1 Å². The normalized spacial score (nSPS) is 12.2. The fourth-order valence-corrected chi connectivity index (χ4v) is 3.09. The molecule has 0 aliphatic rings. The molecule has 21 heavy (non-hydrogen) atoms. The van der Waals surface area contributed by atoms with Crippen LogP contribution in [0.5, 0.6) is 0 Å². The summed E-state index contributed by atoms with van der Waals surface area (Å²) in [5, 5.41) is 5.26. The topological polar surface area (TPSA) is 12.0 Å². The minimum atomic E-state index is 0.169. The minimum absolute atomic E-state index is 0.169. The highest BCUT2D eigenvalue weighted by Crippen LogP contribution is 2.38. The molecule has 0 fully saturated rings.